The van der Waals surface area contributed by atoms with E-state index in [9.17, 15) is 9.90 Å². The molecule has 132 valence electrons. The lowest BCUT2D eigenvalue weighted by Crippen LogP contribution is -2.29. The van der Waals surface area contributed by atoms with Gasteiger partial charge in [-0.2, -0.15) is 0 Å². The number of ether oxygens (including phenoxy) is 2. The van der Waals surface area contributed by atoms with Gasteiger partial charge in [-0.15, -0.1) is 0 Å². The summed E-state index contributed by atoms with van der Waals surface area (Å²) < 4.78 is 10.5. The number of benzene rings is 1. The van der Waals surface area contributed by atoms with E-state index >= 15 is 0 Å². The normalized spacial score (nSPS) is 19.7. The third kappa shape index (κ3) is 3.74. The first-order chi connectivity index (χ1) is 12.1. The Morgan fingerprint density at radius 1 is 1.16 bits per heavy atom. The molecule has 0 unspecified atom stereocenters. The number of aliphatic hydroxyl groups excluding tert-OH is 1. The van der Waals surface area contributed by atoms with Gasteiger partial charge in [0.15, 0.2) is 11.5 Å². The molecule has 0 saturated carbocycles. The number of aliphatic hydroxyl groups is 1. The van der Waals surface area contributed by atoms with E-state index in [1.807, 2.05) is 12.1 Å². The van der Waals surface area contributed by atoms with E-state index in [1.54, 1.807) is 42.6 Å². The summed E-state index contributed by atoms with van der Waals surface area (Å²) in [5, 5.41) is 10.3. The Morgan fingerprint density at radius 2 is 1.88 bits per heavy atom. The minimum absolute atomic E-state index is 0.0199. The Hall–Kier alpha value is -2.60. The van der Waals surface area contributed by atoms with Gasteiger partial charge in [-0.3, -0.25) is 9.78 Å². The van der Waals surface area contributed by atoms with Gasteiger partial charge in [-0.25, -0.2) is 0 Å². The standard InChI is InChI=1S/C19H22N2O4/c1-24-17-4-3-14(10-18(17)25-2)19(23)21-11-15(16(22)12-21)9-13-5-7-20-8-6-13/h3-8,10,15-16,22H,9,11-12H2,1-2H3/t15-,16-/m1/s1. The van der Waals surface area contributed by atoms with Gasteiger partial charge in [-0.05, 0) is 42.3 Å². The van der Waals surface area contributed by atoms with Gasteiger partial charge in [0.25, 0.3) is 5.91 Å². The largest absolute Gasteiger partial charge is 0.493 e. The monoisotopic (exact) mass is 342 g/mol. The third-order valence-corrected chi connectivity index (χ3v) is 4.57. The first-order valence-corrected chi connectivity index (χ1v) is 8.20. The van der Waals surface area contributed by atoms with Crippen molar-refractivity contribution in [1.82, 2.24) is 9.88 Å². The summed E-state index contributed by atoms with van der Waals surface area (Å²) in [7, 11) is 3.09. The Kier molecular flexibility index (Phi) is 5.19. The van der Waals surface area contributed by atoms with E-state index in [-0.39, 0.29) is 11.8 Å². The lowest BCUT2D eigenvalue weighted by Gasteiger charge is -2.17. The molecule has 1 saturated heterocycles. The fourth-order valence-electron chi connectivity index (χ4n) is 3.19. The van der Waals surface area contributed by atoms with Crippen LogP contribution in [0.15, 0.2) is 42.7 Å². The Balaban J connectivity index is 1.71. The van der Waals surface area contributed by atoms with Crippen LogP contribution in [-0.4, -0.2) is 54.3 Å². The summed E-state index contributed by atoms with van der Waals surface area (Å²) in [5.74, 6) is 1.00. The molecular weight excluding hydrogens is 320 g/mol. The highest BCUT2D eigenvalue weighted by Gasteiger charge is 2.34. The topological polar surface area (TPSA) is 71.9 Å². The van der Waals surface area contributed by atoms with Crippen LogP contribution in [0, 0.1) is 5.92 Å². The maximum Gasteiger partial charge on any atom is 0.254 e. The summed E-state index contributed by atoms with van der Waals surface area (Å²) in [6.07, 6.45) is 3.67. The van der Waals surface area contributed by atoms with Gasteiger partial charge in [0.2, 0.25) is 0 Å². The molecule has 1 aromatic carbocycles. The molecule has 6 nitrogen and oxygen atoms in total. The molecule has 1 aromatic heterocycles. The first kappa shape index (κ1) is 17.2. The summed E-state index contributed by atoms with van der Waals surface area (Å²) in [6, 6.07) is 8.97. The molecule has 0 radical (unpaired) electrons. The minimum Gasteiger partial charge on any atom is -0.493 e. The number of likely N-dealkylation sites (tertiary alicyclic amines) is 1. The zero-order valence-corrected chi connectivity index (χ0v) is 14.4. The number of aromatic nitrogens is 1. The number of β-amino-alcohol motifs (C(OH)–C–C–N with tert-alkyl or cyclic N) is 1. The van der Waals surface area contributed by atoms with Gasteiger partial charge < -0.3 is 19.5 Å². The van der Waals surface area contributed by atoms with Crippen molar-refractivity contribution in [2.45, 2.75) is 12.5 Å². The molecule has 3 rings (SSSR count). The van der Waals surface area contributed by atoms with Crippen molar-refractivity contribution in [3.8, 4) is 11.5 Å². The van der Waals surface area contributed by atoms with Crippen molar-refractivity contribution in [2.24, 2.45) is 5.92 Å². The fraction of sp³-hybridized carbons (Fsp3) is 0.368. The number of pyridine rings is 1. The molecular formula is C19H22N2O4. The summed E-state index contributed by atoms with van der Waals surface area (Å²) in [4.78, 5) is 18.5. The number of carbonyl (C=O) groups excluding carboxylic acids is 1. The lowest BCUT2D eigenvalue weighted by atomic mass is 9.97. The van der Waals surface area contributed by atoms with Crippen LogP contribution in [0.2, 0.25) is 0 Å². The number of hydrogen-bond donors (Lipinski definition) is 1. The smallest absolute Gasteiger partial charge is 0.254 e. The molecule has 6 heteroatoms. The molecule has 0 bridgehead atoms. The number of amides is 1. The number of hydrogen-bond acceptors (Lipinski definition) is 5. The fourth-order valence-corrected chi connectivity index (χ4v) is 3.19. The lowest BCUT2D eigenvalue weighted by molar-refractivity contribution is 0.0764. The summed E-state index contributed by atoms with van der Waals surface area (Å²) >= 11 is 0. The summed E-state index contributed by atoms with van der Waals surface area (Å²) in [5.41, 5.74) is 1.63. The zero-order chi connectivity index (χ0) is 17.8. The minimum atomic E-state index is -0.530. The van der Waals surface area contributed by atoms with E-state index < -0.39 is 6.10 Å². The van der Waals surface area contributed by atoms with Crippen LogP contribution in [0.25, 0.3) is 0 Å². The second-order valence-electron chi connectivity index (χ2n) is 6.17. The number of nitrogens with zero attached hydrogens (tertiary/aromatic N) is 2. The van der Waals surface area contributed by atoms with E-state index in [1.165, 1.54) is 7.11 Å². The van der Waals surface area contributed by atoms with Crippen molar-refractivity contribution in [1.29, 1.82) is 0 Å². The highest BCUT2D eigenvalue weighted by atomic mass is 16.5. The molecule has 2 heterocycles. The maximum absolute atomic E-state index is 12.8. The van der Waals surface area contributed by atoms with Crippen LogP contribution in [0.1, 0.15) is 15.9 Å². The highest BCUT2D eigenvalue weighted by molar-refractivity contribution is 5.95. The average molecular weight is 342 g/mol. The van der Waals surface area contributed by atoms with Gasteiger partial charge in [0.1, 0.15) is 0 Å². The van der Waals surface area contributed by atoms with Crippen molar-refractivity contribution >= 4 is 5.91 Å². The van der Waals surface area contributed by atoms with Gasteiger partial charge in [0, 0.05) is 37.0 Å². The quantitative estimate of drug-likeness (QED) is 0.897. The predicted molar refractivity (Wildman–Crippen MR) is 92.9 cm³/mol. The van der Waals surface area contributed by atoms with Crippen LogP contribution in [0.3, 0.4) is 0 Å². The van der Waals surface area contributed by atoms with Crippen molar-refractivity contribution in [3.63, 3.8) is 0 Å². The molecule has 2 aromatic rings. The van der Waals surface area contributed by atoms with Crippen LogP contribution in [0.4, 0.5) is 0 Å². The number of methoxy groups -OCH3 is 2. The molecule has 0 aliphatic carbocycles. The van der Waals surface area contributed by atoms with Gasteiger partial charge in [0.05, 0.1) is 20.3 Å². The third-order valence-electron chi connectivity index (χ3n) is 4.57. The average Bonchev–Trinajstić information content (AvgIpc) is 3.01. The predicted octanol–water partition coefficient (Wildman–Crippen LogP) is 1.77. The number of carbonyl (C=O) groups is 1. The second-order valence-corrected chi connectivity index (χ2v) is 6.17. The molecule has 1 aliphatic rings. The van der Waals surface area contributed by atoms with Crippen LogP contribution in [-0.2, 0) is 6.42 Å². The molecule has 2 atom stereocenters. The second kappa shape index (κ2) is 7.53. The Morgan fingerprint density at radius 3 is 2.56 bits per heavy atom. The highest BCUT2D eigenvalue weighted by Crippen LogP contribution is 2.29. The molecule has 1 amide bonds. The van der Waals surface area contributed by atoms with Gasteiger partial charge in [-0.1, -0.05) is 0 Å². The van der Waals surface area contributed by atoms with Gasteiger partial charge >= 0.3 is 0 Å². The van der Waals surface area contributed by atoms with Crippen LogP contribution >= 0.6 is 0 Å². The van der Waals surface area contributed by atoms with E-state index in [2.05, 4.69) is 4.98 Å². The van der Waals surface area contributed by atoms with Crippen LogP contribution < -0.4 is 9.47 Å². The van der Waals surface area contributed by atoms with E-state index in [4.69, 9.17) is 9.47 Å². The first-order valence-electron chi connectivity index (χ1n) is 8.20. The SMILES string of the molecule is COc1ccc(C(=O)N2C[C@@H](Cc3ccncc3)[C@H](O)C2)cc1OC. The zero-order valence-electron chi connectivity index (χ0n) is 14.4. The van der Waals surface area contributed by atoms with E-state index in [0.29, 0.717) is 30.2 Å². The molecule has 0 spiro atoms. The molecule has 1 aliphatic heterocycles. The number of rotatable bonds is 5. The molecule has 25 heavy (non-hydrogen) atoms. The van der Waals surface area contributed by atoms with Crippen molar-refractivity contribution < 1.29 is 19.4 Å². The van der Waals surface area contributed by atoms with Crippen molar-refractivity contribution in [3.05, 3.63) is 53.9 Å². The van der Waals surface area contributed by atoms with E-state index in [0.717, 1.165) is 12.0 Å². The molecule has 1 fully saturated rings. The van der Waals surface area contributed by atoms with Crippen LogP contribution in [0.5, 0.6) is 11.5 Å². The molecule has 1 N–H and O–H groups in total. The Labute approximate surface area is 147 Å². The van der Waals surface area contributed by atoms with Crippen molar-refractivity contribution in [2.75, 3.05) is 27.3 Å². The summed E-state index contributed by atoms with van der Waals surface area (Å²) in [6.45, 7) is 0.861. The maximum atomic E-state index is 12.8. The Bertz CT molecular complexity index is 735.